The highest BCUT2D eigenvalue weighted by Gasteiger charge is 2.27. The highest BCUT2D eigenvalue weighted by atomic mass is 16.6. The molecular weight excluding hydrogens is 268 g/mol. The molecule has 0 saturated carbocycles. The molecule has 0 N–H and O–H groups in total. The summed E-state index contributed by atoms with van der Waals surface area (Å²) in [6.07, 6.45) is 6.67. The molecule has 1 amide bonds. The van der Waals surface area contributed by atoms with Gasteiger partial charge in [0, 0.05) is 37.4 Å². The largest absolute Gasteiger partial charge is 0.444 e. The molecule has 0 spiro atoms. The van der Waals surface area contributed by atoms with Gasteiger partial charge in [0.2, 0.25) is 0 Å². The van der Waals surface area contributed by atoms with Gasteiger partial charge in [0.1, 0.15) is 5.60 Å². The highest BCUT2D eigenvalue weighted by molar-refractivity contribution is 5.80. The predicted octanol–water partition coefficient (Wildman–Crippen LogP) is 2.34. The maximum Gasteiger partial charge on any atom is 0.410 e. The second-order valence-electron chi connectivity index (χ2n) is 6.40. The van der Waals surface area contributed by atoms with Crippen LogP contribution in [0.25, 0.3) is 0 Å². The van der Waals surface area contributed by atoms with Crippen LogP contribution in [0, 0.1) is 0 Å². The van der Waals surface area contributed by atoms with Crippen molar-refractivity contribution in [2.75, 3.05) is 26.2 Å². The van der Waals surface area contributed by atoms with Crippen molar-refractivity contribution in [3.05, 3.63) is 23.4 Å². The van der Waals surface area contributed by atoms with Crippen molar-refractivity contribution in [2.24, 2.45) is 0 Å². The van der Waals surface area contributed by atoms with Gasteiger partial charge in [0.05, 0.1) is 0 Å². The Morgan fingerprint density at radius 2 is 1.76 bits per heavy atom. The fraction of sp³-hybridized carbons (Fsp3) is 0.625. The monoisotopic (exact) mass is 292 g/mol. The van der Waals surface area contributed by atoms with Gasteiger partial charge in [-0.3, -0.25) is 4.79 Å². The SMILES string of the molecule is CC(C)(C)OC(=O)N1CCN(C2=CCCC=C2C=O)CC1. The Hall–Kier alpha value is -1.78. The van der Waals surface area contributed by atoms with Crippen molar-refractivity contribution < 1.29 is 14.3 Å². The number of nitrogens with zero attached hydrogens (tertiary/aromatic N) is 2. The lowest BCUT2D eigenvalue weighted by Gasteiger charge is -2.38. The van der Waals surface area contributed by atoms with Crippen LogP contribution in [0.15, 0.2) is 23.4 Å². The lowest BCUT2D eigenvalue weighted by Crippen LogP contribution is -2.49. The van der Waals surface area contributed by atoms with E-state index in [-0.39, 0.29) is 6.09 Å². The summed E-state index contributed by atoms with van der Waals surface area (Å²) in [5.41, 5.74) is 1.32. The second-order valence-corrected chi connectivity index (χ2v) is 6.40. The number of aldehydes is 1. The Morgan fingerprint density at radius 3 is 2.33 bits per heavy atom. The average Bonchev–Trinajstić information content (AvgIpc) is 2.45. The summed E-state index contributed by atoms with van der Waals surface area (Å²) in [5, 5.41) is 0. The first kappa shape index (κ1) is 15.6. The molecule has 0 aromatic rings. The molecule has 21 heavy (non-hydrogen) atoms. The second kappa shape index (κ2) is 6.33. The first-order chi connectivity index (χ1) is 9.90. The van der Waals surface area contributed by atoms with E-state index in [0.29, 0.717) is 13.1 Å². The van der Waals surface area contributed by atoms with Gasteiger partial charge in [-0.05, 0) is 33.6 Å². The predicted molar refractivity (Wildman–Crippen MR) is 80.8 cm³/mol. The molecule has 1 aliphatic heterocycles. The minimum absolute atomic E-state index is 0.258. The molecule has 1 saturated heterocycles. The number of allylic oxidation sites excluding steroid dienone is 3. The van der Waals surface area contributed by atoms with E-state index in [1.165, 1.54) is 0 Å². The van der Waals surface area contributed by atoms with E-state index in [0.717, 1.165) is 43.5 Å². The quantitative estimate of drug-likeness (QED) is 0.733. The minimum atomic E-state index is -0.465. The number of ether oxygens (including phenoxy) is 1. The van der Waals surface area contributed by atoms with Crippen LogP contribution in [0.5, 0.6) is 0 Å². The molecule has 1 heterocycles. The van der Waals surface area contributed by atoms with E-state index in [9.17, 15) is 9.59 Å². The van der Waals surface area contributed by atoms with Gasteiger partial charge >= 0.3 is 6.09 Å². The molecule has 1 aliphatic carbocycles. The van der Waals surface area contributed by atoms with Crippen molar-refractivity contribution in [3.8, 4) is 0 Å². The van der Waals surface area contributed by atoms with Gasteiger partial charge in [-0.1, -0.05) is 12.2 Å². The molecule has 2 aliphatic rings. The Kier molecular flexibility index (Phi) is 4.70. The summed E-state index contributed by atoms with van der Waals surface area (Å²) in [6, 6.07) is 0. The summed E-state index contributed by atoms with van der Waals surface area (Å²) >= 11 is 0. The van der Waals surface area contributed by atoms with Crippen LogP contribution in [-0.2, 0) is 9.53 Å². The molecular formula is C16H24N2O3. The van der Waals surface area contributed by atoms with E-state index in [1.54, 1.807) is 4.90 Å². The molecule has 2 rings (SSSR count). The maximum absolute atomic E-state index is 12.0. The van der Waals surface area contributed by atoms with Crippen molar-refractivity contribution >= 4 is 12.4 Å². The Morgan fingerprint density at radius 1 is 1.14 bits per heavy atom. The first-order valence-electron chi connectivity index (χ1n) is 7.49. The summed E-state index contributed by atoms with van der Waals surface area (Å²) in [6.45, 7) is 8.32. The summed E-state index contributed by atoms with van der Waals surface area (Å²) < 4.78 is 5.39. The third kappa shape index (κ3) is 4.09. The highest BCUT2D eigenvalue weighted by Crippen LogP contribution is 2.22. The lowest BCUT2D eigenvalue weighted by molar-refractivity contribution is -0.104. The van der Waals surface area contributed by atoms with Crippen LogP contribution >= 0.6 is 0 Å². The van der Waals surface area contributed by atoms with Gasteiger partial charge in [-0.2, -0.15) is 0 Å². The van der Waals surface area contributed by atoms with Crippen LogP contribution in [0.4, 0.5) is 4.79 Å². The molecule has 0 aromatic heterocycles. The Labute approximate surface area is 126 Å². The van der Waals surface area contributed by atoms with Crippen LogP contribution < -0.4 is 0 Å². The Bertz CT molecular complexity index is 466. The third-order valence-electron chi connectivity index (χ3n) is 3.56. The van der Waals surface area contributed by atoms with E-state index in [1.807, 2.05) is 26.8 Å². The number of carbonyl (C=O) groups is 2. The summed E-state index contributed by atoms with van der Waals surface area (Å²) in [7, 11) is 0. The summed E-state index contributed by atoms with van der Waals surface area (Å²) in [5.74, 6) is 0. The number of hydrogen-bond acceptors (Lipinski definition) is 4. The smallest absolute Gasteiger partial charge is 0.410 e. The fourth-order valence-electron chi connectivity index (χ4n) is 2.56. The van der Waals surface area contributed by atoms with Gasteiger partial charge in [0.15, 0.2) is 6.29 Å². The van der Waals surface area contributed by atoms with E-state index >= 15 is 0 Å². The zero-order valence-corrected chi connectivity index (χ0v) is 13.1. The van der Waals surface area contributed by atoms with Crippen LogP contribution in [0.2, 0.25) is 0 Å². The molecule has 0 radical (unpaired) electrons. The van der Waals surface area contributed by atoms with Crippen LogP contribution in [0.1, 0.15) is 33.6 Å². The average molecular weight is 292 g/mol. The molecule has 0 aromatic carbocycles. The van der Waals surface area contributed by atoms with Crippen LogP contribution in [0.3, 0.4) is 0 Å². The van der Waals surface area contributed by atoms with E-state index < -0.39 is 5.60 Å². The molecule has 0 atom stereocenters. The van der Waals surface area contributed by atoms with Crippen molar-refractivity contribution in [1.29, 1.82) is 0 Å². The number of carbonyl (C=O) groups excluding carboxylic acids is 2. The molecule has 0 bridgehead atoms. The molecule has 0 unspecified atom stereocenters. The molecule has 5 nitrogen and oxygen atoms in total. The number of amides is 1. The molecule has 5 heteroatoms. The topological polar surface area (TPSA) is 49.9 Å². The van der Waals surface area contributed by atoms with Crippen molar-refractivity contribution in [2.45, 2.75) is 39.2 Å². The zero-order chi connectivity index (χ0) is 15.5. The van der Waals surface area contributed by atoms with Gasteiger partial charge in [-0.25, -0.2) is 4.79 Å². The fourth-order valence-corrected chi connectivity index (χ4v) is 2.56. The molecule has 116 valence electrons. The van der Waals surface area contributed by atoms with E-state index in [2.05, 4.69) is 11.0 Å². The third-order valence-corrected chi connectivity index (χ3v) is 3.56. The van der Waals surface area contributed by atoms with Crippen molar-refractivity contribution in [3.63, 3.8) is 0 Å². The first-order valence-corrected chi connectivity index (χ1v) is 7.49. The molecule has 1 fully saturated rings. The maximum atomic E-state index is 12.0. The number of rotatable bonds is 2. The van der Waals surface area contributed by atoms with Gasteiger partial charge in [0.25, 0.3) is 0 Å². The van der Waals surface area contributed by atoms with Gasteiger partial charge < -0.3 is 14.5 Å². The van der Waals surface area contributed by atoms with Crippen molar-refractivity contribution in [1.82, 2.24) is 9.80 Å². The standard InChI is InChI=1S/C16H24N2O3/c1-16(2,3)21-15(20)18-10-8-17(9-11-18)14-7-5-4-6-13(14)12-19/h6-7,12H,4-5,8-11H2,1-3H3. The normalized spacial score (nSPS) is 19.8. The minimum Gasteiger partial charge on any atom is -0.444 e. The van der Waals surface area contributed by atoms with E-state index in [4.69, 9.17) is 4.74 Å². The van der Waals surface area contributed by atoms with Gasteiger partial charge in [-0.15, -0.1) is 0 Å². The lowest BCUT2D eigenvalue weighted by atomic mass is 10.0. The number of piperazine rings is 1. The zero-order valence-electron chi connectivity index (χ0n) is 13.1. The summed E-state index contributed by atoms with van der Waals surface area (Å²) in [4.78, 5) is 27.1. The Balaban J connectivity index is 1.92. The van der Waals surface area contributed by atoms with Crippen LogP contribution in [-0.4, -0.2) is 54.0 Å². The number of hydrogen-bond donors (Lipinski definition) is 0.